The molecule has 0 saturated carbocycles. The van der Waals surface area contributed by atoms with Crippen molar-refractivity contribution in [2.45, 2.75) is 0 Å². The molecule has 100 valence electrons. The summed E-state index contributed by atoms with van der Waals surface area (Å²) in [7, 11) is 1.22. The Labute approximate surface area is 107 Å². The zero-order valence-electron chi connectivity index (χ0n) is 9.91. The summed E-state index contributed by atoms with van der Waals surface area (Å²) in [5.41, 5.74) is 0.322. The predicted molar refractivity (Wildman–Crippen MR) is 60.1 cm³/mol. The zero-order chi connectivity index (χ0) is 13.8. The van der Waals surface area contributed by atoms with Crippen molar-refractivity contribution in [3.63, 3.8) is 0 Å². The van der Waals surface area contributed by atoms with E-state index in [1.54, 1.807) is 0 Å². The molecule has 19 heavy (non-hydrogen) atoms. The van der Waals surface area contributed by atoms with Gasteiger partial charge in [-0.25, -0.2) is 9.18 Å². The average molecular weight is 267 g/mol. The molecule has 0 unspecified atom stereocenters. The van der Waals surface area contributed by atoms with Gasteiger partial charge < -0.3 is 14.7 Å². The van der Waals surface area contributed by atoms with Crippen molar-refractivity contribution < 1.29 is 23.9 Å². The number of hydrogen-bond acceptors (Lipinski definition) is 6. The first-order valence-corrected chi connectivity index (χ1v) is 5.21. The molecule has 7 nitrogen and oxygen atoms in total. The summed E-state index contributed by atoms with van der Waals surface area (Å²) in [5, 5.41) is 13.1. The van der Waals surface area contributed by atoms with E-state index in [2.05, 4.69) is 14.8 Å². The lowest BCUT2D eigenvalue weighted by atomic mass is 10.3. The minimum atomic E-state index is -0.585. The molecule has 2 aromatic heterocycles. The van der Waals surface area contributed by atoms with Crippen molar-refractivity contribution in [2.75, 3.05) is 13.7 Å². The Morgan fingerprint density at radius 1 is 1.53 bits per heavy atom. The van der Waals surface area contributed by atoms with Crippen LogP contribution in [-0.4, -0.2) is 39.8 Å². The van der Waals surface area contributed by atoms with Gasteiger partial charge in [-0.2, -0.15) is 0 Å². The van der Waals surface area contributed by atoms with Gasteiger partial charge in [0.05, 0.1) is 12.8 Å². The van der Waals surface area contributed by atoms with Gasteiger partial charge in [0.2, 0.25) is 5.88 Å². The van der Waals surface area contributed by atoms with Crippen LogP contribution in [0.25, 0.3) is 11.4 Å². The molecule has 0 saturated heterocycles. The second-order valence-corrected chi connectivity index (χ2v) is 3.48. The van der Waals surface area contributed by atoms with E-state index in [9.17, 15) is 14.4 Å². The van der Waals surface area contributed by atoms with E-state index in [0.29, 0.717) is 4.85 Å². The summed E-state index contributed by atoms with van der Waals surface area (Å²) < 4.78 is 22.4. The fraction of sp³-hybridized carbons (Fsp3) is 0.182. The number of aromatic nitrogens is 3. The summed E-state index contributed by atoms with van der Waals surface area (Å²) in [6, 6.07) is 3.63. The molecule has 0 amide bonds. The van der Waals surface area contributed by atoms with E-state index in [0.717, 1.165) is 6.07 Å². The highest BCUT2D eigenvalue weighted by molar-refractivity contribution is 5.70. The number of hydrogen-bond donors (Lipinski definition) is 1. The van der Waals surface area contributed by atoms with E-state index >= 15 is 0 Å². The van der Waals surface area contributed by atoms with Gasteiger partial charge in [-0.05, 0) is 6.07 Å². The van der Waals surface area contributed by atoms with Crippen LogP contribution in [0.2, 0.25) is 0 Å². The van der Waals surface area contributed by atoms with E-state index in [-0.39, 0.29) is 23.9 Å². The lowest BCUT2D eigenvalue weighted by Gasteiger charge is -1.98. The minimum Gasteiger partial charge on any atom is -0.466 e. The van der Waals surface area contributed by atoms with Gasteiger partial charge >= 0.3 is 5.97 Å². The van der Waals surface area contributed by atoms with Crippen LogP contribution in [0.15, 0.2) is 24.4 Å². The minimum absolute atomic E-state index is 0.00559. The number of ether oxygens (including phenoxy) is 2. The van der Waals surface area contributed by atoms with Crippen LogP contribution in [0.4, 0.5) is 4.39 Å². The standard InChI is InChI=1S/C11H10FN3O4/c1-18-11(16)6-19-10-5-9(15(17)14-10)8-4-7(12)2-3-13-8/h2-5,17H,6H2,1H3. The maximum absolute atomic E-state index is 13.0. The molecule has 0 aliphatic carbocycles. The molecule has 2 aromatic rings. The number of methoxy groups -OCH3 is 1. The van der Waals surface area contributed by atoms with Crippen molar-refractivity contribution in [3.05, 3.63) is 30.2 Å². The smallest absolute Gasteiger partial charge is 0.343 e. The number of esters is 1. The lowest BCUT2D eigenvalue weighted by Crippen LogP contribution is -2.12. The number of pyridine rings is 1. The van der Waals surface area contributed by atoms with E-state index in [4.69, 9.17) is 4.74 Å². The third kappa shape index (κ3) is 2.97. The first-order chi connectivity index (χ1) is 9.10. The normalized spacial score (nSPS) is 10.2. The topological polar surface area (TPSA) is 86.5 Å². The maximum Gasteiger partial charge on any atom is 0.343 e. The first kappa shape index (κ1) is 12.8. The molecule has 2 rings (SSSR count). The molecule has 2 heterocycles. The second-order valence-electron chi connectivity index (χ2n) is 3.48. The molecule has 0 aliphatic heterocycles. The summed E-state index contributed by atoms with van der Waals surface area (Å²) in [5.74, 6) is -1.09. The summed E-state index contributed by atoms with van der Waals surface area (Å²) in [4.78, 5) is 15.3. The Morgan fingerprint density at radius 3 is 3.00 bits per heavy atom. The lowest BCUT2D eigenvalue weighted by molar-refractivity contribution is -0.143. The van der Waals surface area contributed by atoms with Gasteiger partial charge in [-0.15, -0.1) is 0 Å². The van der Waals surface area contributed by atoms with Crippen molar-refractivity contribution in [3.8, 4) is 17.3 Å². The average Bonchev–Trinajstić information content (AvgIpc) is 2.77. The second kappa shape index (κ2) is 5.34. The highest BCUT2D eigenvalue weighted by Gasteiger charge is 2.13. The number of rotatable bonds is 4. The highest BCUT2D eigenvalue weighted by atomic mass is 19.1. The highest BCUT2D eigenvalue weighted by Crippen LogP contribution is 2.21. The van der Waals surface area contributed by atoms with Gasteiger partial charge in [0, 0.05) is 18.3 Å². The van der Waals surface area contributed by atoms with Gasteiger partial charge in [-0.3, -0.25) is 4.98 Å². The fourth-order valence-electron chi connectivity index (χ4n) is 1.33. The van der Waals surface area contributed by atoms with Crippen LogP contribution in [-0.2, 0) is 9.53 Å². The summed E-state index contributed by atoms with van der Waals surface area (Å²) in [6.07, 6.45) is 1.26. The largest absolute Gasteiger partial charge is 0.466 e. The Morgan fingerprint density at radius 2 is 2.32 bits per heavy atom. The number of carbonyl (C=O) groups excluding carboxylic acids is 1. The number of nitrogens with zero attached hydrogens (tertiary/aromatic N) is 3. The SMILES string of the molecule is COC(=O)COc1cc(-c2cc(F)ccn2)n(O)n1. The van der Waals surface area contributed by atoms with Crippen molar-refractivity contribution >= 4 is 5.97 Å². The van der Waals surface area contributed by atoms with Gasteiger partial charge in [0.15, 0.2) is 6.61 Å². The van der Waals surface area contributed by atoms with Gasteiger partial charge in [0.1, 0.15) is 11.5 Å². The van der Waals surface area contributed by atoms with Crippen LogP contribution in [0.1, 0.15) is 0 Å². The van der Waals surface area contributed by atoms with Crippen molar-refractivity contribution in [1.82, 2.24) is 14.9 Å². The molecule has 8 heteroatoms. The van der Waals surface area contributed by atoms with E-state index in [1.165, 1.54) is 25.4 Å². The summed E-state index contributed by atoms with van der Waals surface area (Å²) in [6.45, 7) is -0.344. The molecule has 1 N–H and O–H groups in total. The molecule has 0 aromatic carbocycles. The Hall–Kier alpha value is -2.64. The zero-order valence-corrected chi connectivity index (χ0v) is 9.91. The monoisotopic (exact) mass is 267 g/mol. The molecule has 0 bridgehead atoms. The van der Waals surface area contributed by atoms with Crippen LogP contribution in [0.5, 0.6) is 5.88 Å². The van der Waals surface area contributed by atoms with Crippen LogP contribution < -0.4 is 4.74 Å². The first-order valence-electron chi connectivity index (χ1n) is 5.21. The molecule has 0 spiro atoms. The van der Waals surface area contributed by atoms with Crippen molar-refractivity contribution in [1.29, 1.82) is 0 Å². The molecular weight excluding hydrogens is 257 g/mol. The van der Waals surface area contributed by atoms with Crippen LogP contribution in [0, 0.1) is 5.82 Å². The molecule has 0 atom stereocenters. The Balaban J connectivity index is 2.19. The molecule has 0 aliphatic rings. The predicted octanol–water partition coefficient (Wildman–Crippen LogP) is 0.873. The maximum atomic E-state index is 13.0. The van der Waals surface area contributed by atoms with Crippen LogP contribution >= 0.6 is 0 Å². The summed E-state index contributed by atoms with van der Waals surface area (Å²) >= 11 is 0. The molecular formula is C11H10FN3O4. The number of halogens is 1. The van der Waals surface area contributed by atoms with Crippen molar-refractivity contribution in [2.24, 2.45) is 0 Å². The third-order valence-electron chi connectivity index (χ3n) is 2.22. The number of carbonyl (C=O) groups is 1. The van der Waals surface area contributed by atoms with Gasteiger partial charge in [0.25, 0.3) is 0 Å². The molecule has 0 fully saturated rings. The Bertz CT molecular complexity index is 599. The molecule has 0 radical (unpaired) electrons. The van der Waals surface area contributed by atoms with E-state index in [1.807, 2.05) is 0 Å². The van der Waals surface area contributed by atoms with E-state index < -0.39 is 11.8 Å². The quantitative estimate of drug-likeness (QED) is 0.653. The third-order valence-corrected chi connectivity index (χ3v) is 2.22. The van der Waals surface area contributed by atoms with Gasteiger partial charge in [-0.1, -0.05) is 9.94 Å². The van der Waals surface area contributed by atoms with Crippen LogP contribution in [0.3, 0.4) is 0 Å². The fourth-order valence-corrected chi connectivity index (χ4v) is 1.33. The Kier molecular flexibility index (Phi) is 3.60.